The number of anilines is 1. The summed E-state index contributed by atoms with van der Waals surface area (Å²) in [6.45, 7) is 0.0974. The molecule has 2 aliphatic rings. The Morgan fingerprint density at radius 2 is 1.84 bits per heavy atom. The van der Waals surface area contributed by atoms with Gasteiger partial charge < -0.3 is 25.2 Å². The van der Waals surface area contributed by atoms with Crippen molar-refractivity contribution < 1.29 is 37.3 Å². The fraction of sp³-hybridized carbons (Fsp3) is 0.375. The largest absolute Gasteiger partial charge is 0.413 e. The Morgan fingerprint density at radius 1 is 1.16 bits per heavy atom. The molecule has 0 unspecified atom stereocenters. The van der Waals surface area contributed by atoms with Crippen molar-refractivity contribution in [2.24, 2.45) is 5.92 Å². The number of aliphatic hydroxyl groups is 2. The number of halogens is 5. The number of ether oxygens (including phenoxy) is 1. The molecule has 38 heavy (non-hydrogen) atoms. The minimum absolute atomic E-state index is 0.0487. The maximum absolute atomic E-state index is 14.9. The zero-order chi connectivity index (χ0) is 27.4. The molecular weight excluding hydrogens is 536 g/mol. The molecule has 1 saturated carbocycles. The zero-order valence-corrected chi connectivity index (χ0v) is 20.2. The summed E-state index contributed by atoms with van der Waals surface area (Å²) in [6, 6.07) is 4.41. The number of β-amino-alcohol motifs (C(OH)–C–C–N with tert-alkyl or cyclic N) is 2. The van der Waals surface area contributed by atoms with Crippen molar-refractivity contribution in [3.8, 4) is 11.4 Å². The van der Waals surface area contributed by atoms with E-state index in [0.717, 1.165) is 16.8 Å². The Morgan fingerprint density at radius 3 is 2.45 bits per heavy atom. The third-order valence-electron chi connectivity index (χ3n) is 6.49. The lowest BCUT2D eigenvalue weighted by atomic mass is 10.2. The van der Waals surface area contributed by atoms with Gasteiger partial charge in [0, 0.05) is 13.1 Å². The van der Waals surface area contributed by atoms with Crippen molar-refractivity contribution in [2.45, 2.75) is 37.3 Å². The number of aliphatic hydroxyl groups excluding tert-OH is 2. The molecule has 2 fully saturated rings. The van der Waals surface area contributed by atoms with E-state index >= 15 is 0 Å². The molecule has 202 valence electrons. The Kier molecular flexibility index (Phi) is 6.70. The average Bonchev–Trinajstić information content (AvgIpc) is 3.63. The quantitative estimate of drug-likeness (QED) is 0.413. The van der Waals surface area contributed by atoms with Crippen LogP contribution in [0.25, 0.3) is 16.7 Å². The van der Waals surface area contributed by atoms with Crippen LogP contribution in [-0.4, -0.2) is 63.4 Å². The van der Waals surface area contributed by atoms with Crippen molar-refractivity contribution in [1.29, 1.82) is 0 Å². The van der Waals surface area contributed by atoms with Crippen molar-refractivity contribution in [3.63, 3.8) is 0 Å². The molecule has 1 saturated heterocycles. The number of hydrogen-bond acceptors (Lipinski definition) is 7. The van der Waals surface area contributed by atoms with Gasteiger partial charge in [-0.15, -0.1) is 0 Å². The third kappa shape index (κ3) is 5.00. The summed E-state index contributed by atoms with van der Waals surface area (Å²) in [6.07, 6.45) is -6.75. The highest BCUT2D eigenvalue weighted by molar-refractivity contribution is 6.32. The predicted octanol–water partition coefficient (Wildman–Crippen LogP) is 3.15. The zero-order valence-electron chi connectivity index (χ0n) is 19.5. The van der Waals surface area contributed by atoms with Crippen LogP contribution in [0, 0.1) is 11.7 Å². The minimum atomic E-state index is -4.71. The lowest BCUT2D eigenvalue weighted by Gasteiger charge is -2.21. The second-order valence-electron chi connectivity index (χ2n) is 9.23. The summed E-state index contributed by atoms with van der Waals surface area (Å²) in [4.78, 5) is 31.6. The van der Waals surface area contributed by atoms with E-state index < -0.39 is 53.4 Å². The number of nitrogens with one attached hydrogen (secondary N) is 1. The number of amides is 1. The fourth-order valence-corrected chi connectivity index (χ4v) is 4.67. The smallest absolute Gasteiger partial charge is 0.405 e. The average molecular weight is 557 g/mol. The van der Waals surface area contributed by atoms with E-state index in [4.69, 9.17) is 16.3 Å². The van der Waals surface area contributed by atoms with Gasteiger partial charge in [-0.3, -0.25) is 9.36 Å². The number of benzene rings is 1. The summed E-state index contributed by atoms with van der Waals surface area (Å²) in [5, 5.41) is 21.3. The third-order valence-corrected chi connectivity index (χ3v) is 6.79. The first kappa shape index (κ1) is 26.2. The normalized spacial score (nSPS) is 20.6. The summed E-state index contributed by atoms with van der Waals surface area (Å²) >= 11 is 6.24. The number of carbonyl (C=O) groups excluding carboxylic acids is 1. The van der Waals surface area contributed by atoms with E-state index in [1.165, 1.54) is 24.3 Å². The molecule has 2 aromatic heterocycles. The highest BCUT2D eigenvalue weighted by atomic mass is 35.5. The fourth-order valence-electron chi connectivity index (χ4n) is 4.42. The van der Waals surface area contributed by atoms with Crippen LogP contribution in [0.2, 0.25) is 5.02 Å². The van der Waals surface area contributed by atoms with E-state index in [1.807, 2.05) is 0 Å². The minimum Gasteiger partial charge on any atom is -0.405 e. The maximum atomic E-state index is 14.9. The Labute approximate surface area is 217 Å². The van der Waals surface area contributed by atoms with E-state index in [0.29, 0.717) is 0 Å². The van der Waals surface area contributed by atoms with Gasteiger partial charge in [-0.25, -0.2) is 14.2 Å². The summed E-state index contributed by atoms with van der Waals surface area (Å²) in [7, 11) is 0. The van der Waals surface area contributed by atoms with Gasteiger partial charge in [0.2, 0.25) is 5.43 Å². The molecule has 5 rings (SSSR count). The first-order chi connectivity index (χ1) is 17.9. The Bertz CT molecular complexity index is 1430. The molecular formula is C24H21ClF4N4O5. The van der Waals surface area contributed by atoms with Crippen LogP contribution in [0.15, 0.2) is 41.3 Å². The van der Waals surface area contributed by atoms with E-state index in [1.54, 1.807) is 10.2 Å². The topological polar surface area (TPSA) is 117 Å². The lowest BCUT2D eigenvalue weighted by molar-refractivity contribution is -0.158. The molecule has 0 radical (unpaired) electrons. The molecule has 0 spiro atoms. The van der Waals surface area contributed by atoms with Crippen LogP contribution in [0.5, 0.6) is 5.75 Å². The van der Waals surface area contributed by atoms with Crippen LogP contribution in [0.4, 0.5) is 28.2 Å². The number of rotatable bonds is 5. The van der Waals surface area contributed by atoms with Crippen molar-refractivity contribution in [1.82, 2.24) is 14.9 Å². The first-order valence-corrected chi connectivity index (χ1v) is 12.0. The Balaban J connectivity index is 1.59. The number of carbonyl (C=O) groups is 1. The number of para-hydroxylation sites is 1. The van der Waals surface area contributed by atoms with Gasteiger partial charge in [-0.05, 0) is 43.0 Å². The van der Waals surface area contributed by atoms with Gasteiger partial charge in [0.1, 0.15) is 23.4 Å². The number of alkyl halides is 3. The van der Waals surface area contributed by atoms with E-state index in [-0.39, 0.29) is 53.5 Å². The van der Waals surface area contributed by atoms with Crippen LogP contribution in [0.1, 0.15) is 12.8 Å². The molecule has 1 aliphatic carbocycles. The molecule has 0 bridgehead atoms. The monoisotopic (exact) mass is 556 g/mol. The van der Waals surface area contributed by atoms with Crippen molar-refractivity contribution >= 4 is 34.5 Å². The van der Waals surface area contributed by atoms with Crippen LogP contribution in [-0.2, 0) is 0 Å². The summed E-state index contributed by atoms with van der Waals surface area (Å²) in [5.41, 5.74) is -1.23. The van der Waals surface area contributed by atoms with Gasteiger partial charge in [-0.2, -0.15) is 13.2 Å². The number of hydrogen-bond donors (Lipinski definition) is 3. The molecule has 1 amide bonds. The molecule has 9 nitrogen and oxygen atoms in total. The molecule has 3 atom stereocenters. The highest BCUT2D eigenvalue weighted by Crippen LogP contribution is 2.40. The summed E-state index contributed by atoms with van der Waals surface area (Å²) < 4.78 is 61.0. The van der Waals surface area contributed by atoms with Crippen molar-refractivity contribution in [2.75, 3.05) is 18.0 Å². The van der Waals surface area contributed by atoms with Gasteiger partial charge >= 0.3 is 12.3 Å². The van der Waals surface area contributed by atoms with Crippen molar-refractivity contribution in [3.05, 3.63) is 57.6 Å². The van der Waals surface area contributed by atoms with Crippen LogP contribution >= 0.6 is 11.6 Å². The number of fused-ring (bicyclic) bond motifs is 1. The molecule has 3 heterocycles. The van der Waals surface area contributed by atoms with Gasteiger partial charge in [0.05, 0.1) is 28.8 Å². The molecule has 1 aliphatic heterocycles. The van der Waals surface area contributed by atoms with E-state index in [2.05, 4.69) is 4.98 Å². The predicted molar refractivity (Wildman–Crippen MR) is 128 cm³/mol. The van der Waals surface area contributed by atoms with E-state index in [9.17, 15) is 37.4 Å². The van der Waals surface area contributed by atoms with Crippen LogP contribution < -0.4 is 20.4 Å². The number of aromatic nitrogens is 2. The number of pyridine rings is 2. The second-order valence-corrected chi connectivity index (χ2v) is 9.64. The molecule has 14 heteroatoms. The molecule has 3 N–H and O–H groups in total. The van der Waals surface area contributed by atoms with Gasteiger partial charge in [0.15, 0.2) is 11.4 Å². The van der Waals surface area contributed by atoms with Crippen LogP contribution in [0.3, 0.4) is 0 Å². The summed E-state index contributed by atoms with van der Waals surface area (Å²) in [5.74, 6) is -2.02. The SMILES string of the molecule is O=C(N[C@@H](C1CC1)C(F)(F)F)Oc1cn(-c2c(F)cccc2Cl)c2nc(N3C[C@@H](O)[C@H](O)C3)ccc2c1=O. The highest BCUT2D eigenvalue weighted by Gasteiger charge is 2.50. The standard InChI is InChI=1S/C24H21ClF4N4O5/c25-13-2-1-3-14(26)19(13)33-10-17(38-23(37)31-21(11-4-5-11)24(27,28)29)20(36)12-6-7-18(30-22(12)33)32-8-15(34)16(35)9-32/h1-3,6-7,10-11,15-16,21,34-35H,4-5,8-9H2,(H,31,37)/t15-,16-,21+/m1/s1. The molecule has 3 aromatic rings. The van der Waals surface area contributed by atoms with Gasteiger partial charge in [-0.1, -0.05) is 17.7 Å². The maximum Gasteiger partial charge on any atom is 0.413 e. The molecule has 1 aromatic carbocycles. The Hall–Kier alpha value is -3.42. The lowest BCUT2D eigenvalue weighted by Crippen LogP contribution is -2.48. The number of nitrogens with zero attached hydrogens (tertiary/aromatic N) is 3. The second kappa shape index (κ2) is 9.71. The first-order valence-electron chi connectivity index (χ1n) is 11.6. The van der Waals surface area contributed by atoms with Gasteiger partial charge in [0.25, 0.3) is 0 Å².